The van der Waals surface area contributed by atoms with Crippen molar-refractivity contribution in [1.29, 1.82) is 0 Å². The molecule has 0 aromatic heterocycles. The molecule has 2 atom stereocenters. The number of hydrogen-bond acceptors (Lipinski definition) is 5. The molecular formula is C11H16F2NO4S-. The van der Waals surface area contributed by atoms with Crippen molar-refractivity contribution in [1.82, 2.24) is 4.90 Å². The van der Waals surface area contributed by atoms with Crippen LogP contribution in [0.15, 0.2) is 0 Å². The van der Waals surface area contributed by atoms with E-state index in [0.717, 1.165) is 38.5 Å². The highest BCUT2D eigenvalue weighted by molar-refractivity contribution is 7.96. The van der Waals surface area contributed by atoms with Gasteiger partial charge in [0.05, 0.1) is 0 Å². The zero-order valence-electron chi connectivity index (χ0n) is 10.3. The number of rotatable bonds is 4. The van der Waals surface area contributed by atoms with Crippen LogP contribution >= 0.6 is 12.0 Å². The van der Waals surface area contributed by atoms with Gasteiger partial charge >= 0.3 is 11.2 Å². The summed E-state index contributed by atoms with van der Waals surface area (Å²) in [7, 11) is 0. The summed E-state index contributed by atoms with van der Waals surface area (Å²) in [5, 5.41) is 8.70. The monoisotopic (exact) mass is 296 g/mol. The van der Waals surface area contributed by atoms with Crippen molar-refractivity contribution in [3.05, 3.63) is 0 Å². The van der Waals surface area contributed by atoms with Crippen molar-refractivity contribution in [2.24, 2.45) is 5.92 Å². The Labute approximate surface area is 114 Å². The van der Waals surface area contributed by atoms with Crippen LogP contribution in [0.3, 0.4) is 0 Å². The lowest BCUT2D eigenvalue weighted by atomic mass is 9.78. The molecule has 110 valence electrons. The van der Waals surface area contributed by atoms with Gasteiger partial charge in [-0.2, -0.15) is 13.1 Å². The predicted octanol–water partition coefficient (Wildman–Crippen LogP) is 1.63. The molecule has 2 fully saturated rings. The van der Waals surface area contributed by atoms with Crippen LogP contribution in [0.4, 0.5) is 8.78 Å². The molecule has 0 N–H and O–H groups in total. The normalized spacial score (nSPS) is 28.1. The second-order valence-corrected chi connectivity index (χ2v) is 5.80. The Morgan fingerprint density at radius 3 is 2.68 bits per heavy atom. The quantitative estimate of drug-likeness (QED) is 0.448. The molecule has 0 aromatic rings. The summed E-state index contributed by atoms with van der Waals surface area (Å²) in [5.74, 6) is -0.963. The molecule has 1 saturated heterocycles. The third-order valence-corrected chi connectivity index (χ3v) is 4.43. The van der Waals surface area contributed by atoms with Gasteiger partial charge in [0.15, 0.2) is 0 Å². The Balaban J connectivity index is 2.04. The van der Waals surface area contributed by atoms with Gasteiger partial charge in [-0.1, -0.05) is 12.8 Å². The minimum absolute atomic E-state index is 0.102. The molecule has 19 heavy (non-hydrogen) atoms. The highest BCUT2D eigenvalue weighted by Gasteiger charge is 2.48. The molecule has 1 saturated carbocycles. The Morgan fingerprint density at radius 2 is 1.95 bits per heavy atom. The van der Waals surface area contributed by atoms with Gasteiger partial charge in [0, 0.05) is 12.6 Å². The van der Waals surface area contributed by atoms with Crippen molar-refractivity contribution in [3.8, 4) is 0 Å². The summed E-state index contributed by atoms with van der Waals surface area (Å²) in [4.78, 5) is 13.2. The van der Waals surface area contributed by atoms with Gasteiger partial charge in [-0.25, -0.2) is 0 Å². The van der Waals surface area contributed by atoms with Crippen molar-refractivity contribution >= 4 is 17.9 Å². The maximum Gasteiger partial charge on any atom is 0.397 e. The molecule has 0 bridgehead atoms. The minimum atomic E-state index is -3.79. The minimum Gasteiger partial charge on any atom is -0.691 e. The molecule has 5 nitrogen and oxygen atoms in total. The summed E-state index contributed by atoms with van der Waals surface area (Å²) < 4.78 is 30.8. The number of carbonyl (C=O) groups is 1. The second-order valence-electron chi connectivity index (χ2n) is 4.99. The first-order valence-electron chi connectivity index (χ1n) is 6.39. The maximum atomic E-state index is 13.6. The topological polar surface area (TPSA) is 61.8 Å². The Hall–Kier alpha value is -0.440. The smallest absolute Gasteiger partial charge is 0.397 e. The first-order valence-corrected chi connectivity index (χ1v) is 7.13. The van der Waals surface area contributed by atoms with E-state index >= 15 is 0 Å². The van der Waals surface area contributed by atoms with Crippen molar-refractivity contribution < 1.29 is 28.2 Å². The van der Waals surface area contributed by atoms with E-state index in [1.165, 1.54) is 4.90 Å². The van der Waals surface area contributed by atoms with Crippen LogP contribution in [0.25, 0.3) is 0 Å². The fourth-order valence-corrected chi connectivity index (χ4v) is 3.44. The van der Waals surface area contributed by atoms with Crippen LogP contribution < -0.4 is 5.26 Å². The van der Waals surface area contributed by atoms with Gasteiger partial charge in [-0.15, -0.1) is 0 Å². The van der Waals surface area contributed by atoms with Crippen molar-refractivity contribution in [3.63, 3.8) is 0 Å². The Kier molecular flexibility index (Phi) is 4.99. The Morgan fingerprint density at radius 1 is 1.26 bits per heavy atom. The number of halogens is 2. The maximum absolute atomic E-state index is 13.6. The third kappa shape index (κ3) is 3.36. The van der Waals surface area contributed by atoms with Crippen LogP contribution in [-0.2, 0) is 14.2 Å². The molecule has 0 radical (unpaired) electrons. The van der Waals surface area contributed by atoms with Crippen LogP contribution in [0, 0.1) is 5.92 Å². The molecule has 8 heteroatoms. The van der Waals surface area contributed by atoms with Crippen molar-refractivity contribution in [2.75, 3.05) is 6.54 Å². The number of alkyl halides is 2. The van der Waals surface area contributed by atoms with Crippen LogP contribution in [0.1, 0.15) is 38.5 Å². The number of piperidine rings is 1. The van der Waals surface area contributed by atoms with E-state index in [1.807, 2.05) is 0 Å². The van der Waals surface area contributed by atoms with Gasteiger partial charge < -0.3 is 10.2 Å². The lowest BCUT2D eigenvalue weighted by Crippen LogP contribution is -2.54. The molecule has 2 unspecified atom stereocenters. The first-order chi connectivity index (χ1) is 9.06. The highest BCUT2D eigenvalue weighted by Crippen LogP contribution is 2.39. The largest absolute Gasteiger partial charge is 0.691 e. The summed E-state index contributed by atoms with van der Waals surface area (Å²) >= 11 is -0.539. The molecule has 1 amide bonds. The molecule has 0 aromatic carbocycles. The summed E-state index contributed by atoms with van der Waals surface area (Å²) in [6.07, 6.45) is 5.56. The zero-order chi connectivity index (χ0) is 13.9. The molecule has 1 heterocycles. The van der Waals surface area contributed by atoms with Crippen LogP contribution in [0.5, 0.6) is 0 Å². The summed E-state index contributed by atoms with van der Waals surface area (Å²) in [6.45, 7) is 0.342. The molecular weight excluding hydrogens is 280 g/mol. The molecule has 1 aliphatic carbocycles. The van der Waals surface area contributed by atoms with Gasteiger partial charge in [-0.3, -0.25) is 9.83 Å². The number of carbonyl (C=O) groups excluding carboxylic acids is 1. The van der Waals surface area contributed by atoms with E-state index in [-0.39, 0.29) is 6.04 Å². The SMILES string of the molecule is O=C(N1CCCC2CCCCC21)C(F)(F)SOO[O-]. The molecule has 2 aliphatic rings. The van der Waals surface area contributed by atoms with E-state index in [9.17, 15) is 18.8 Å². The van der Waals surface area contributed by atoms with Gasteiger partial charge in [0.2, 0.25) is 0 Å². The lowest BCUT2D eigenvalue weighted by molar-refractivity contribution is -0.777. The van der Waals surface area contributed by atoms with E-state index in [2.05, 4.69) is 9.37 Å². The second kappa shape index (κ2) is 6.34. The van der Waals surface area contributed by atoms with E-state index in [1.54, 1.807) is 0 Å². The average Bonchev–Trinajstić information content (AvgIpc) is 2.43. The van der Waals surface area contributed by atoms with E-state index in [0.29, 0.717) is 12.5 Å². The summed E-state index contributed by atoms with van der Waals surface area (Å²) in [6, 6.07) is -0.102. The van der Waals surface area contributed by atoms with Gasteiger partial charge in [-0.05, 0) is 31.6 Å². The fourth-order valence-electron chi connectivity index (χ4n) is 3.14. The van der Waals surface area contributed by atoms with E-state index < -0.39 is 23.2 Å². The van der Waals surface area contributed by atoms with Gasteiger partial charge in [0.25, 0.3) is 0 Å². The van der Waals surface area contributed by atoms with Gasteiger partial charge in [0.1, 0.15) is 12.0 Å². The highest BCUT2D eigenvalue weighted by atomic mass is 32.2. The number of amides is 1. The number of likely N-dealkylation sites (tertiary alicyclic amines) is 1. The third-order valence-electron chi connectivity index (χ3n) is 3.92. The van der Waals surface area contributed by atoms with E-state index in [4.69, 9.17) is 0 Å². The van der Waals surface area contributed by atoms with Crippen LogP contribution in [-0.4, -0.2) is 28.6 Å². The molecule has 2 rings (SSSR count). The summed E-state index contributed by atoms with van der Waals surface area (Å²) in [5.41, 5.74) is 0. The molecule has 0 spiro atoms. The van der Waals surface area contributed by atoms with Crippen molar-refractivity contribution in [2.45, 2.75) is 49.8 Å². The standard InChI is InChI=1S/C11H17F2NO4S/c12-11(13,19-18-17-16)10(15)14-7-3-5-8-4-1-2-6-9(8)14/h8-9,16H,1-7H2/p-1. The molecule has 1 aliphatic heterocycles. The zero-order valence-corrected chi connectivity index (χ0v) is 11.2. The first kappa shape index (κ1) is 15.0. The Bertz CT molecular complexity index is 330. The average molecular weight is 296 g/mol. The fraction of sp³-hybridized carbons (Fsp3) is 0.909. The predicted molar refractivity (Wildman–Crippen MR) is 61.4 cm³/mol. The number of nitrogens with zero attached hydrogens (tertiary/aromatic N) is 1. The lowest BCUT2D eigenvalue weighted by Gasteiger charge is -2.44. The van der Waals surface area contributed by atoms with Crippen LogP contribution in [0.2, 0.25) is 0 Å². The number of hydrogen-bond donors (Lipinski definition) is 0. The number of fused-ring (bicyclic) bond motifs is 1.